The second-order valence-corrected chi connectivity index (χ2v) is 11.5. The monoisotopic (exact) mass is 614 g/mol. The average Bonchev–Trinajstić information content (AvgIpc) is 3.43. The molecule has 0 unspecified atom stereocenters. The molecule has 15 heteroatoms. The molecular weight excluding hydrogens is 580 g/mol. The lowest BCUT2D eigenvalue weighted by molar-refractivity contribution is -0.0324. The Hall–Kier alpha value is -4.31. The van der Waals surface area contributed by atoms with E-state index in [2.05, 4.69) is 24.9 Å². The normalized spacial score (nSPS) is 13.7. The van der Waals surface area contributed by atoms with E-state index in [1.165, 1.54) is 45.2 Å². The van der Waals surface area contributed by atoms with Crippen LogP contribution in [0.4, 0.5) is 5.95 Å². The smallest absolute Gasteiger partial charge is 0.243 e. The van der Waals surface area contributed by atoms with E-state index in [0.29, 0.717) is 28.5 Å². The Kier molecular flexibility index (Phi) is 10.1. The van der Waals surface area contributed by atoms with Crippen LogP contribution in [0.5, 0.6) is 17.2 Å². The van der Waals surface area contributed by atoms with Gasteiger partial charge in [0.1, 0.15) is 40.4 Å². The number of aliphatic hydroxyl groups is 2. The molecule has 43 heavy (non-hydrogen) atoms. The molecule has 2 aromatic heterocycles. The Morgan fingerprint density at radius 1 is 0.977 bits per heavy atom. The number of benzene rings is 2. The van der Waals surface area contributed by atoms with Gasteiger partial charge in [-0.05, 0) is 43.7 Å². The van der Waals surface area contributed by atoms with Crippen LogP contribution in [-0.4, -0.2) is 89.3 Å². The molecule has 0 spiro atoms. The summed E-state index contributed by atoms with van der Waals surface area (Å²) in [5.74, 6) is 1.48. The van der Waals surface area contributed by atoms with Gasteiger partial charge in [-0.15, -0.1) is 10.2 Å². The molecule has 0 saturated heterocycles. The lowest BCUT2D eigenvalue weighted by Gasteiger charge is -2.25. The number of nitrogens with one attached hydrogen (secondary N) is 1. The molecule has 2 aromatic carbocycles. The third-order valence-electron chi connectivity index (χ3n) is 6.50. The van der Waals surface area contributed by atoms with Crippen LogP contribution in [0, 0.1) is 6.92 Å². The summed E-state index contributed by atoms with van der Waals surface area (Å²) < 4.78 is 54.2. The summed E-state index contributed by atoms with van der Waals surface area (Å²) in [7, 11) is 0.179. The summed E-state index contributed by atoms with van der Waals surface area (Å²) in [5, 5.41) is 26.4. The van der Waals surface area contributed by atoms with Crippen molar-refractivity contribution in [1.29, 1.82) is 0 Å². The van der Waals surface area contributed by atoms with Crippen molar-refractivity contribution in [2.45, 2.75) is 31.3 Å². The quantitative estimate of drug-likeness (QED) is 0.189. The molecule has 0 aliphatic carbocycles. The second kappa shape index (κ2) is 13.8. The van der Waals surface area contributed by atoms with E-state index in [4.69, 9.17) is 18.9 Å². The summed E-state index contributed by atoms with van der Waals surface area (Å²) in [6, 6.07) is 12.2. The van der Waals surface area contributed by atoms with Crippen LogP contribution in [0.2, 0.25) is 0 Å². The molecule has 4 aromatic rings. The van der Waals surface area contributed by atoms with Gasteiger partial charge >= 0.3 is 0 Å². The molecule has 0 amide bonds. The number of aromatic nitrogens is 5. The Labute approximate surface area is 249 Å². The topological polar surface area (TPSA) is 180 Å². The molecule has 14 nitrogen and oxygen atoms in total. The molecule has 0 saturated carbocycles. The molecule has 4 rings (SSSR count). The lowest BCUT2D eigenvalue weighted by atomic mass is 10.2. The molecule has 3 atom stereocenters. The fourth-order valence-corrected chi connectivity index (χ4v) is 5.28. The Balaban J connectivity index is 1.83. The van der Waals surface area contributed by atoms with Gasteiger partial charge in [-0.1, -0.05) is 18.2 Å². The number of para-hydroxylation sites is 1. The van der Waals surface area contributed by atoms with Gasteiger partial charge in [0.2, 0.25) is 16.0 Å². The highest BCUT2D eigenvalue weighted by molar-refractivity contribution is 7.93. The predicted molar refractivity (Wildman–Crippen MR) is 157 cm³/mol. The van der Waals surface area contributed by atoms with Gasteiger partial charge in [-0.2, -0.15) is 0 Å². The summed E-state index contributed by atoms with van der Waals surface area (Å²) in [6.45, 7) is 2.27. The number of methoxy groups -OCH3 is 3. The largest absolute Gasteiger partial charge is 0.497 e. The van der Waals surface area contributed by atoms with E-state index in [-0.39, 0.29) is 24.2 Å². The SMILES string of the molecule is COc1cccc(-c2nnc(NS(=O)(=O)[C@H](C)[C@@H](OC[C@H](O)CO)c3ncc(C)cn3)n2-c2c(OC)cccc2OC)c1. The van der Waals surface area contributed by atoms with Crippen LogP contribution in [-0.2, 0) is 14.8 Å². The number of rotatable bonds is 14. The van der Waals surface area contributed by atoms with Gasteiger partial charge in [-0.3, -0.25) is 9.29 Å². The van der Waals surface area contributed by atoms with Gasteiger partial charge in [0.15, 0.2) is 11.6 Å². The van der Waals surface area contributed by atoms with Crippen molar-refractivity contribution in [3.8, 4) is 34.3 Å². The average molecular weight is 615 g/mol. The Bertz CT molecular complexity index is 1610. The summed E-state index contributed by atoms with van der Waals surface area (Å²) in [6.07, 6.45) is 0.606. The number of nitrogens with zero attached hydrogens (tertiary/aromatic N) is 5. The summed E-state index contributed by atoms with van der Waals surface area (Å²) in [4.78, 5) is 8.49. The molecule has 0 aliphatic rings. The standard InChI is InChI=1S/C28H34N6O8S/c1-17-13-29-26(30-14-17)25(42-16-20(36)15-35)18(2)43(37,38)33-28-32-31-27(19-8-6-9-21(12-19)39-3)34(28)24-22(40-4)10-7-11-23(24)41-5/h6-14,18,20,25,35-36H,15-16H2,1-5H3,(H,32,33)/t18-,20-,25-/m1/s1. The maximum Gasteiger partial charge on any atom is 0.243 e. The zero-order valence-electron chi connectivity index (χ0n) is 24.3. The third-order valence-corrected chi connectivity index (χ3v) is 8.19. The van der Waals surface area contributed by atoms with Crippen molar-refractivity contribution in [3.05, 3.63) is 66.2 Å². The maximum atomic E-state index is 13.9. The molecule has 230 valence electrons. The number of sulfonamides is 1. The predicted octanol–water partition coefficient (Wildman–Crippen LogP) is 2.30. The molecule has 2 heterocycles. The van der Waals surface area contributed by atoms with Crippen LogP contribution in [0.25, 0.3) is 17.1 Å². The number of anilines is 1. The zero-order valence-corrected chi connectivity index (χ0v) is 25.1. The highest BCUT2D eigenvalue weighted by atomic mass is 32.2. The number of hydrogen-bond acceptors (Lipinski definition) is 12. The van der Waals surface area contributed by atoms with Gasteiger partial charge in [0.05, 0.1) is 34.5 Å². The Morgan fingerprint density at radius 2 is 1.63 bits per heavy atom. The number of ether oxygens (including phenoxy) is 4. The highest BCUT2D eigenvalue weighted by Crippen LogP contribution is 2.38. The summed E-state index contributed by atoms with van der Waals surface area (Å²) in [5.41, 5.74) is 1.68. The maximum absolute atomic E-state index is 13.9. The fourth-order valence-electron chi connectivity index (χ4n) is 4.18. The molecule has 0 aliphatic heterocycles. The van der Waals surface area contributed by atoms with Crippen molar-refractivity contribution >= 4 is 16.0 Å². The van der Waals surface area contributed by atoms with E-state index in [1.54, 1.807) is 49.4 Å². The van der Waals surface area contributed by atoms with E-state index < -0.39 is 34.1 Å². The van der Waals surface area contributed by atoms with Crippen LogP contribution in [0.3, 0.4) is 0 Å². The first-order valence-corrected chi connectivity index (χ1v) is 14.7. The summed E-state index contributed by atoms with van der Waals surface area (Å²) >= 11 is 0. The van der Waals surface area contributed by atoms with Gasteiger partial charge in [-0.25, -0.2) is 18.4 Å². The molecule has 3 N–H and O–H groups in total. The molecule has 0 bridgehead atoms. The second-order valence-electron chi connectivity index (χ2n) is 9.49. The molecule has 0 radical (unpaired) electrons. The highest BCUT2D eigenvalue weighted by Gasteiger charge is 2.36. The van der Waals surface area contributed by atoms with Crippen molar-refractivity contribution in [1.82, 2.24) is 24.7 Å². The first-order valence-electron chi connectivity index (χ1n) is 13.1. The Morgan fingerprint density at radius 3 is 2.23 bits per heavy atom. The number of aliphatic hydroxyl groups excluding tert-OH is 2. The van der Waals surface area contributed by atoms with Crippen LogP contribution >= 0.6 is 0 Å². The van der Waals surface area contributed by atoms with Crippen LogP contribution in [0.15, 0.2) is 54.9 Å². The third kappa shape index (κ3) is 7.02. The number of aryl methyl sites for hydroxylation is 1. The van der Waals surface area contributed by atoms with E-state index in [0.717, 1.165) is 5.56 Å². The van der Waals surface area contributed by atoms with Gasteiger partial charge in [0, 0.05) is 18.0 Å². The number of hydrogen-bond donors (Lipinski definition) is 3. The lowest BCUT2D eigenvalue weighted by Crippen LogP contribution is -2.35. The zero-order chi connectivity index (χ0) is 31.1. The van der Waals surface area contributed by atoms with E-state index in [9.17, 15) is 18.6 Å². The van der Waals surface area contributed by atoms with Gasteiger partial charge in [0.25, 0.3) is 0 Å². The minimum Gasteiger partial charge on any atom is -0.497 e. The molecule has 0 fully saturated rings. The minimum absolute atomic E-state index is 0.0820. The van der Waals surface area contributed by atoms with E-state index >= 15 is 0 Å². The minimum atomic E-state index is -4.31. The first-order chi connectivity index (χ1) is 20.6. The van der Waals surface area contributed by atoms with Crippen molar-refractivity contribution in [2.24, 2.45) is 0 Å². The van der Waals surface area contributed by atoms with Crippen molar-refractivity contribution in [3.63, 3.8) is 0 Å². The van der Waals surface area contributed by atoms with E-state index in [1.807, 2.05) is 0 Å². The van der Waals surface area contributed by atoms with Crippen molar-refractivity contribution in [2.75, 3.05) is 39.3 Å². The molecular formula is C28H34N6O8S. The fraction of sp³-hybridized carbons (Fsp3) is 0.357. The van der Waals surface area contributed by atoms with Gasteiger partial charge < -0.3 is 29.2 Å². The van der Waals surface area contributed by atoms with Crippen LogP contribution in [0.1, 0.15) is 24.4 Å². The van der Waals surface area contributed by atoms with Crippen molar-refractivity contribution < 1.29 is 37.6 Å². The first kappa shape index (κ1) is 31.6. The van der Waals surface area contributed by atoms with Crippen LogP contribution < -0.4 is 18.9 Å².